The molecule has 0 spiro atoms. The van der Waals surface area contributed by atoms with Gasteiger partial charge in [-0.3, -0.25) is 4.79 Å². The predicted octanol–water partition coefficient (Wildman–Crippen LogP) is 1.76. The molecule has 78 valence electrons. The van der Waals surface area contributed by atoms with Gasteiger partial charge in [0.15, 0.2) is 5.78 Å². The molecule has 0 amide bonds. The van der Waals surface area contributed by atoms with Gasteiger partial charge in [0.2, 0.25) is 0 Å². The van der Waals surface area contributed by atoms with E-state index in [1.165, 1.54) is 17.6 Å². The van der Waals surface area contributed by atoms with Crippen molar-refractivity contribution >= 4 is 27.0 Å². The lowest BCUT2D eigenvalue weighted by atomic mass is 10.2. The van der Waals surface area contributed by atoms with E-state index in [0.29, 0.717) is 17.7 Å². The Kier molecular flexibility index (Phi) is 3.83. The van der Waals surface area contributed by atoms with E-state index in [1.807, 2.05) is 11.4 Å². The van der Waals surface area contributed by atoms with Crippen molar-refractivity contribution in [3.05, 3.63) is 22.4 Å². The summed E-state index contributed by atoms with van der Waals surface area (Å²) < 4.78 is 21.6. The van der Waals surface area contributed by atoms with Crippen molar-refractivity contribution in [1.82, 2.24) is 0 Å². The Morgan fingerprint density at radius 1 is 1.50 bits per heavy atom. The number of carbonyl (C=O) groups is 1. The van der Waals surface area contributed by atoms with Crippen LogP contribution >= 0.6 is 11.3 Å². The summed E-state index contributed by atoms with van der Waals surface area (Å²) in [6.07, 6.45) is 1.91. The van der Waals surface area contributed by atoms with Crippen molar-refractivity contribution in [3.8, 4) is 0 Å². The van der Waals surface area contributed by atoms with Gasteiger partial charge in [0, 0.05) is 12.7 Å². The van der Waals surface area contributed by atoms with Gasteiger partial charge < -0.3 is 0 Å². The lowest BCUT2D eigenvalue weighted by molar-refractivity contribution is 0.0986. The molecule has 1 aromatic heterocycles. The summed E-state index contributed by atoms with van der Waals surface area (Å²) in [7, 11) is -2.94. The maximum Gasteiger partial charge on any atom is 0.172 e. The maximum absolute atomic E-state index is 11.4. The average Bonchev–Trinajstić information content (AvgIpc) is 2.53. The van der Waals surface area contributed by atoms with Crippen LogP contribution in [0.1, 0.15) is 22.5 Å². The SMILES string of the molecule is CS(=O)(=O)CCCC(=O)c1cccs1. The van der Waals surface area contributed by atoms with Crippen LogP contribution in [0.25, 0.3) is 0 Å². The first-order valence-electron chi connectivity index (χ1n) is 4.23. The van der Waals surface area contributed by atoms with E-state index < -0.39 is 9.84 Å². The van der Waals surface area contributed by atoms with Gasteiger partial charge in [-0.2, -0.15) is 0 Å². The van der Waals surface area contributed by atoms with Crippen molar-refractivity contribution in [2.24, 2.45) is 0 Å². The lowest BCUT2D eigenvalue weighted by Crippen LogP contribution is -2.05. The van der Waals surface area contributed by atoms with E-state index in [-0.39, 0.29) is 11.5 Å². The van der Waals surface area contributed by atoms with Gasteiger partial charge in [-0.15, -0.1) is 11.3 Å². The van der Waals surface area contributed by atoms with Gasteiger partial charge in [-0.05, 0) is 17.9 Å². The second-order valence-corrected chi connectivity index (χ2v) is 6.34. The summed E-state index contributed by atoms with van der Waals surface area (Å²) in [5.41, 5.74) is 0. The van der Waals surface area contributed by atoms with E-state index >= 15 is 0 Å². The molecule has 0 aliphatic carbocycles. The molecule has 0 saturated heterocycles. The van der Waals surface area contributed by atoms with Crippen LogP contribution in [0.4, 0.5) is 0 Å². The molecule has 0 fully saturated rings. The minimum Gasteiger partial charge on any atom is -0.293 e. The van der Waals surface area contributed by atoms with Crippen molar-refractivity contribution in [1.29, 1.82) is 0 Å². The van der Waals surface area contributed by atoms with Crippen LogP contribution < -0.4 is 0 Å². The van der Waals surface area contributed by atoms with E-state index in [1.54, 1.807) is 6.07 Å². The van der Waals surface area contributed by atoms with E-state index in [9.17, 15) is 13.2 Å². The Bertz CT molecular complexity index is 390. The summed E-state index contributed by atoms with van der Waals surface area (Å²) in [5.74, 6) is 0.119. The number of Topliss-reactive ketones (excluding diaryl/α,β-unsaturated/α-hetero) is 1. The normalized spacial score (nSPS) is 11.5. The second-order valence-electron chi connectivity index (χ2n) is 3.13. The topological polar surface area (TPSA) is 51.2 Å². The molecule has 0 atom stereocenters. The number of hydrogen-bond donors (Lipinski definition) is 0. The number of rotatable bonds is 5. The molecule has 0 radical (unpaired) electrons. The Morgan fingerprint density at radius 2 is 2.21 bits per heavy atom. The minimum atomic E-state index is -2.94. The Hall–Kier alpha value is -0.680. The standard InChI is InChI=1S/C9H12O3S2/c1-14(11,12)7-3-4-8(10)9-5-2-6-13-9/h2,5-6H,3-4,7H2,1H3. The third-order valence-electron chi connectivity index (χ3n) is 1.71. The third-order valence-corrected chi connectivity index (χ3v) is 3.66. The summed E-state index contributed by atoms with van der Waals surface area (Å²) in [5, 5.41) is 1.84. The highest BCUT2D eigenvalue weighted by molar-refractivity contribution is 7.90. The minimum absolute atomic E-state index is 0.0312. The van der Waals surface area contributed by atoms with Crippen LogP contribution in [0.2, 0.25) is 0 Å². The highest BCUT2D eigenvalue weighted by Gasteiger charge is 2.08. The molecule has 0 aliphatic rings. The fraction of sp³-hybridized carbons (Fsp3) is 0.444. The number of hydrogen-bond acceptors (Lipinski definition) is 4. The Morgan fingerprint density at radius 3 is 2.71 bits per heavy atom. The van der Waals surface area contributed by atoms with Crippen molar-refractivity contribution in [3.63, 3.8) is 0 Å². The molecule has 0 N–H and O–H groups in total. The van der Waals surface area contributed by atoms with Gasteiger partial charge in [0.25, 0.3) is 0 Å². The summed E-state index contributed by atoms with van der Waals surface area (Å²) >= 11 is 1.39. The largest absolute Gasteiger partial charge is 0.293 e. The highest BCUT2D eigenvalue weighted by Crippen LogP contribution is 2.12. The lowest BCUT2D eigenvalue weighted by Gasteiger charge is -1.97. The van der Waals surface area contributed by atoms with E-state index in [0.717, 1.165) is 0 Å². The quantitative estimate of drug-likeness (QED) is 0.727. The molecule has 1 rings (SSSR count). The van der Waals surface area contributed by atoms with Crippen molar-refractivity contribution in [2.45, 2.75) is 12.8 Å². The van der Waals surface area contributed by atoms with Crippen molar-refractivity contribution < 1.29 is 13.2 Å². The van der Waals surface area contributed by atoms with Gasteiger partial charge in [-0.1, -0.05) is 6.07 Å². The number of carbonyl (C=O) groups excluding carboxylic acids is 1. The fourth-order valence-electron chi connectivity index (χ4n) is 1.06. The molecular formula is C9H12O3S2. The zero-order valence-corrected chi connectivity index (χ0v) is 9.53. The molecule has 0 aliphatic heterocycles. The average molecular weight is 232 g/mol. The first-order valence-corrected chi connectivity index (χ1v) is 7.17. The zero-order valence-electron chi connectivity index (χ0n) is 7.89. The molecule has 3 nitrogen and oxygen atoms in total. The summed E-state index contributed by atoms with van der Waals surface area (Å²) in [6.45, 7) is 0. The van der Waals surface area contributed by atoms with Crippen LogP contribution in [-0.4, -0.2) is 26.2 Å². The van der Waals surface area contributed by atoms with Gasteiger partial charge in [0.05, 0.1) is 10.6 Å². The van der Waals surface area contributed by atoms with Gasteiger partial charge >= 0.3 is 0 Å². The molecule has 5 heteroatoms. The predicted molar refractivity (Wildman–Crippen MR) is 57.6 cm³/mol. The van der Waals surface area contributed by atoms with Crippen molar-refractivity contribution in [2.75, 3.05) is 12.0 Å². The van der Waals surface area contributed by atoms with Crippen LogP contribution in [0.15, 0.2) is 17.5 Å². The first kappa shape index (κ1) is 11.4. The fourth-order valence-corrected chi connectivity index (χ4v) is 2.42. The van der Waals surface area contributed by atoms with Crippen LogP contribution in [0.5, 0.6) is 0 Å². The monoisotopic (exact) mass is 232 g/mol. The smallest absolute Gasteiger partial charge is 0.172 e. The second kappa shape index (κ2) is 4.70. The molecule has 1 aromatic rings. The molecule has 0 saturated carbocycles. The first-order chi connectivity index (χ1) is 6.49. The van der Waals surface area contributed by atoms with E-state index in [4.69, 9.17) is 0 Å². The molecule has 0 aromatic carbocycles. The number of ketones is 1. The number of sulfone groups is 1. The third kappa shape index (κ3) is 4.02. The maximum atomic E-state index is 11.4. The molecular weight excluding hydrogens is 220 g/mol. The van der Waals surface area contributed by atoms with Gasteiger partial charge in [0.1, 0.15) is 9.84 Å². The number of thiophene rings is 1. The van der Waals surface area contributed by atoms with E-state index in [2.05, 4.69) is 0 Å². The zero-order chi connectivity index (χ0) is 10.6. The van der Waals surface area contributed by atoms with Crippen LogP contribution in [0.3, 0.4) is 0 Å². The summed E-state index contributed by atoms with van der Waals surface area (Å²) in [6, 6.07) is 3.57. The summed E-state index contributed by atoms with van der Waals surface area (Å²) in [4.78, 5) is 12.1. The molecule has 0 bridgehead atoms. The molecule has 14 heavy (non-hydrogen) atoms. The van der Waals surface area contributed by atoms with Gasteiger partial charge in [-0.25, -0.2) is 8.42 Å². The molecule has 0 unspecified atom stereocenters. The Balaban J connectivity index is 2.37. The Labute approximate surface area is 87.7 Å². The molecule has 1 heterocycles. The van der Waals surface area contributed by atoms with Crippen LogP contribution in [0, 0.1) is 0 Å². The highest BCUT2D eigenvalue weighted by atomic mass is 32.2. The van der Waals surface area contributed by atoms with Crippen LogP contribution in [-0.2, 0) is 9.84 Å².